The number of hydrogen-bond donors (Lipinski definition) is 2. The molecule has 4 heteroatoms. The molecule has 3 rings (SSSR count). The molecule has 0 aliphatic heterocycles. The van der Waals surface area contributed by atoms with E-state index in [4.69, 9.17) is 0 Å². The molecule has 2 aromatic rings. The Morgan fingerprint density at radius 1 is 1.12 bits per heavy atom. The van der Waals surface area contributed by atoms with Gasteiger partial charge in [0, 0.05) is 24.8 Å². The minimum Gasteiger partial charge on any atom is -0.370 e. The summed E-state index contributed by atoms with van der Waals surface area (Å²) in [6.45, 7) is 1.38. The largest absolute Gasteiger partial charge is 0.370 e. The van der Waals surface area contributed by atoms with Crippen molar-refractivity contribution in [2.24, 2.45) is 0 Å². The first-order chi connectivity index (χ1) is 12.3. The van der Waals surface area contributed by atoms with E-state index < -0.39 is 0 Å². The van der Waals surface area contributed by atoms with Crippen LogP contribution in [0, 0.1) is 0 Å². The summed E-state index contributed by atoms with van der Waals surface area (Å²) in [5, 5.41) is 6.28. The van der Waals surface area contributed by atoms with Gasteiger partial charge in [0.05, 0.1) is 0 Å². The van der Waals surface area contributed by atoms with E-state index in [0.29, 0.717) is 12.1 Å². The minimum atomic E-state index is -0.0794. The highest BCUT2D eigenvalue weighted by Gasteiger charge is 2.07. The van der Waals surface area contributed by atoms with E-state index in [-0.39, 0.29) is 5.91 Å². The van der Waals surface area contributed by atoms with E-state index in [1.807, 2.05) is 36.4 Å². The Morgan fingerprint density at radius 2 is 2.00 bits per heavy atom. The van der Waals surface area contributed by atoms with Gasteiger partial charge in [-0.2, -0.15) is 0 Å². The maximum Gasteiger partial charge on any atom is 0.251 e. The van der Waals surface area contributed by atoms with Crippen LogP contribution in [0.5, 0.6) is 0 Å². The summed E-state index contributed by atoms with van der Waals surface area (Å²) in [7, 11) is 0. The van der Waals surface area contributed by atoms with Crippen molar-refractivity contribution in [1.29, 1.82) is 0 Å². The van der Waals surface area contributed by atoms with Crippen molar-refractivity contribution in [1.82, 2.24) is 10.3 Å². The third-order valence-electron chi connectivity index (χ3n) is 4.46. The lowest BCUT2D eigenvalue weighted by Crippen LogP contribution is -2.23. The Hall–Kier alpha value is -2.62. The maximum absolute atomic E-state index is 12.3. The fraction of sp³-hybridized carbons (Fsp3) is 0.333. The van der Waals surface area contributed by atoms with Gasteiger partial charge in [-0.3, -0.25) is 4.79 Å². The van der Waals surface area contributed by atoms with Crippen LogP contribution in [-0.4, -0.2) is 17.4 Å². The second-order valence-electron chi connectivity index (χ2n) is 6.38. The van der Waals surface area contributed by atoms with Crippen molar-refractivity contribution < 1.29 is 4.79 Å². The molecular formula is C21H25N3O. The average molecular weight is 335 g/mol. The van der Waals surface area contributed by atoms with E-state index in [2.05, 4.69) is 21.7 Å². The summed E-state index contributed by atoms with van der Waals surface area (Å²) in [5.41, 5.74) is 3.25. The Morgan fingerprint density at radius 3 is 2.80 bits per heavy atom. The van der Waals surface area contributed by atoms with Gasteiger partial charge >= 0.3 is 0 Å². The van der Waals surface area contributed by atoms with E-state index in [1.165, 1.54) is 31.3 Å². The van der Waals surface area contributed by atoms with Crippen molar-refractivity contribution in [2.45, 2.75) is 38.6 Å². The van der Waals surface area contributed by atoms with Gasteiger partial charge in [0.1, 0.15) is 5.82 Å². The second kappa shape index (κ2) is 9.02. The Balaban J connectivity index is 1.50. The van der Waals surface area contributed by atoms with Crippen LogP contribution in [0.3, 0.4) is 0 Å². The van der Waals surface area contributed by atoms with Gasteiger partial charge in [0.2, 0.25) is 0 Å². The predicted octanol–water partition coefficient (Wildman–Crippen LogP) is 4.31. The molecule has 0 unspecified atom stereocenters. The first-order valence-electron chi connectivity index (χ1n) is 9.01. The number of aromatic nitrogens is 1. The summed E-state index contributed by atoms with van der Waals surface area (Å²) in [6.07, 6.45) is 10.2. The number of allylic oxidation sites excluding steroid dienone is 1. The second-order valence-corrected chi connectivity index (χ2v) is 6.38. The van der Waals surface area contributed by atoms with Gasteiger partial charge in [-0.25, -0.2) is 4.98 Å². The van der Waals surface area contributed by atoms with Crippen LogP contribution in [0.15, 0.2) is 60.3 Å². The standard InChI is InChI=1S/C21H25N3O/c25-21(24-16-18-9-5-2-6-10-18)19-12-14-23-20(15-19)22-13-11-17-7-3-1-4-8-17/h2,5-7,9-10,12,14-15H,1,3-4,8,11,13,16H2,(H,22,23)(H,24,25). The third kappa shape index (κ3) is 5.45. The normalized spacial score (nSPS) is 13.8. The molecule has 1 aromatic heterocycles. The highest BCUT2D eigenvalue weighted by molar-refractivity contribution is 5.94. The first-order valence-corrected chi connectivity index (χ1v) is 9.01. The molecule has 0 fully saturated rings. The van der Waals surface area contributed by atoms with Crippen LogP contribution in [0.4, 0.5) is 5.82 Å². The molecule has 0 spiro atoms. The lowest BCUT2D eigenvalue weighted by Gasteiger charge is -2.13. The molecule has 1 heterocycles. The molecule has 130 valence electrons. The molecule has 1 amide bonds. The molecule has 1 aliphatic rings. The van der Waals surface area contributed by atoms with Crippen LogP contribution < -0.4 is 10.6 Å². The van der Waals surface area contributed by atoms with Crippen molar-refractivity contribution in [3.8, 4) is 0 Å². The molecule has 25 heavy (non-hydrogen) atoms. The molecule has 1 aliphatic carbocycles. The fourth-order valence-corrected chi connectivity index (χ4v) is 3.03. The van der Waals surface area contributed by atoms with Gasteiger partial charge in [0.15, 0.2) is 0 Å². The van der Waals surface area contributed by atoms with Gasteiger partial charge in [0.25, 0.3) is 5.91 Å². The van der Waals surface area contributed by atoms with E-state index in [9.17, 15) is 4.79 Å². The number of amides is 1. The number of carbonyl (C=O) groups is 1. The lowest BCUT2D eigenvalue weighted by molar-refractivity contribution is 0.0951. The predicted molar refractivity (Wildman–Crippen MR) is 102 cm³/mol. The van der Waals surface area contributed by atoms with Gasteiger partial charge in [-0.05, 0) is 49.8 Å². The minimum absolute atomic E-state index is 0.0794. The number of nitrogens with zero attached hydrogens (tertiary/aromatic N) is 1. The molecule has 0 bridgehead atoms. The highest BCUT2D eigenvalue weighted by atomic mass is 16.1. The van der Waals surface area contributed by atoms with Crippen molar-refractivity contribution in [3.63, 3.8) is 0 Å². The number of pyridine rings is 1. The zero-order chi connectivity index (χ0) is 17.3. The molecular weight excluding hydrogens is 310 g/mol. The zero-order valence-corrected chi connectivity index (χ0v) is 14.5. The number of carbonyl (C=O) groups excluding carboxylic acids is 1. The van der Waals surface area contributed by atoms with Crippen LogP contribution in [0.1, 0.15) is 48.0 Å². The third-order valence-corrected chi connectivity index (χ3v) is 4.46. The van der Waals surface area contributed by atoms with Crippen LogP contribution in [0.2, 0.25) is 0 Å². The number of rotatable bonds is 7. The zero-order valence-electron chi connectivity index (χ0n) is 14.5. The quantitative estimate of drug-likeness (QED) is 0.741. The van der Waals surface area contributed by atoms with Gasteiger partial charge in [-0.1, -0.05) is 42.0 Å². The Bertz CT molecular complexity index is 725. The van der Waals surface area contributed by atoms with E-state index in [1.54, 1.807) is 12.3 Å². The van der Waals surface area contributed by atoms with E-state index >= 15 is 0 Å². The van der Waals surface area contributed by atoms with E-state index in [0.717, 1.165) is 24.3 Å². The highest BCUT2D eigenvalue weighted by Crippen LogP contribution is 2.20. The summed E-state index contributed by atoms with van der Waals surface area (Å²) in [4.78, 5) is 16.6. The molecule has 0 saturated heterocycles. The molecule has 0 atom stereocenters. The van der Waals surface area contributed by atoms with Gasteiger partial charge < -0.3 is 10.6 Å². The van der Waals surface area contributed by atoms with Crippen LogP contribution in [0.25, 0.3) is 0 Å². The average Bonchev–Trinajstić information content (AvgIpc) is 2.68. The molecule has 1 aromatic carbocycles. The molecule has 4 nitrogen and oxygen atoms in total. The first kappa shape index (κ1) is 17.2. The lowest BCUT2D eigenvalue weighted by atomic mass is 9.97. The topological polar surface area (TPSA) is 54.0 Å². The SMILES string of the molecule is O=C(NCc1ccccc1)c1ccnc(NCCC2=CCCCC2)c1. The fourth-order valence-electron chi connectivity index (χ4n) is 3.03. The smallest absolute Gasteiger partial charge is 0.251 e. The monoisotopic (exact) mass is 335 g/mol. The molecule has 2 N–H and O–H groups in total. The summed E-state index contributed by atoms with van der Waals surface area (Å²) in [5.74, 6) is 0.674. The molecule has 0 saturated carbocycles. The van der Waals surface area contributed by atoms with Gasteiger partial charge in [-0.15, -0.1) is 0 Å². The van der Waals surface area contributed by atoms with Crippen molar-refractivity contribution in [2.75, 3.05) is 11.9 Å². The summed E-state index contributed by atoms with van der Waals surface area (Å²) >= 11 is 0. The number of nitrogens with one attached hydrogen (secondary N) is 2. The Labute approximate surface area is 149 Å². The summed E-state index contributed by atoms with van der Waals surface area (Å²) < 4.78 is 0. The summed E-state index contributed by atoms with van der Waals surface area (Å²) in [6, 6.07) is 13.5. The molecule has 0 radical (unpaired) electrons. The van der Waals surface area contributed by atoms with Crippen molar-refractivity contribution in [3.05, 3.63) is 71.4 Å². The number of benzene rings is 1. The number of anilines is 1. The Kier molecular flexibility index (Phi) is 6.21. The van der Waals surface area contributed by atoms with Crippen molar-refractivity contribution >= 4 is 11.7 Å². The maximum atomic E-state index is 12.3. The van der Waals surface area contributed by atoms with Crippen LogP contribution >= 0.6 is 0 Å². The van der Waals surface area contributed by atoms with Crippen LogP contribution in [-0.2, 0) is 6.54 Å². The number of hydrogen-bond acceptors (Lipinski definition) is 3.